The van der Waals surface area contributed by atoms with E-state index >= 15 is 0 Å². The van der Waals surface area contributed by atoms with Crippen LogP contribution in [-0.2, 0) is 0 Å². The number of carbonyl (C=O) groups is 1. The molecule has 29 heavy (non-hydrogen) atoms. The monoisotopic (exact) mass is 381 g/mol. The summed E-state index contributed by atoms with van der Waals surface area (Å²) in [4.78, 5) is 18.0. The summed E-state index contributed by atoms with van der Waals surface area (Å²) in [6.45, 7) is 8.03. The molecule has 144 valence electrons. The van der Waals surface area contributed by atoms with Crippen LogP contribution in [0, 0.1) is 27.7 Å². The fourth-order valence-electron chi connectivity index (χ4n) is 3.37. The summed E-state index contributed by atoms with van der Waals surface area (Å²) < 4.78 is 5.80. The van der Waals surface area contributed by atoms with Crippen molar-refractivity contribution in [1.82, 2.24) is 4.98 Å². The quantitative estimate of drug-likeness (QED) is 0.306. The lowest BCUT2D eigenvalue weighted by Crippen LogP contribution is -2.11. The lowest BCUT2D eigenvalue weighted by Gasteiger charge is -2.13. The molecule has 0 amide bonds. The van der Waals surface area contributed by atoms with Crippen molar-refractivity contribution in [3.8, 4) is 17.0 Å². The molecule has 0 atom stereocenters. The zero-order valence-corrected chi connectivity index (χ0v) is 17.1. The molecule has 0 saturated carbocycles. The van der Waals surface area contributed by atoms with Gasteiger partial charge in [-0.05, 0) is 63.1 Å². The minimum Gasteiger partial charge on any atom is -0.423 e. The molecular formula is C26H23NO2. The van der Waals surface area contributed by atoms with Crippen LogP contribution in [0.1, 0.15) is 32.6 Å². The topological polar surface area (TPSA) is 39.2 Å². The van der Waals surface area contributed by atoms with E-state index in [0.717, 1.165) is 38.9 Å². The van der Waals surface area contributed by atoms with Crippen LogP contribution >= 0.6 is 0 Å². The highest BCUT2D eigenvalue weighted by molar-refractivity contribution is 6.05. The van der Waals surface area contributed by atoms with Crippen LogP contribution in [0.4, 0.5) is 0 Å². The minimum atomic E-state index is -0.370. The fourth-order valence-corrected chi connectivity index (χ4v) is 3.37. The number of hydrogen-bond donors (Lipinski definition) is 0. The molecule has 1 aromatic heterocycles. The van der Waals surface area contributed by atoms with Crippen LogP contribution in [0.2, 0.25) is 0 Å². The Labute approximate surface area is 171 Å². The zero-order valence-electron chi connectivity index (χ0n) is 17.1. The number of aryl methyl sites for hydroxylation is 3. The molecule has 3 heteroatoms. The Morgan fingerprint density at radius 2 is 1.55 bits per heavy atom. The average molecular weight is 381 g/mol. The predicted octanol–water partition coefficient (Wildman–Crippen LogP) is 6.35. The smallest absolute Gasteiger partial charge is 0.344 e. The highest BCUT2D eigenvalue weighted by Crippen LogP contribution is 2.28. The van der Waals surface area contributed by atoms with Gasteiger partial charge in [0.15, 0.2) is 0 Å². The summed E-state index contributed by atoms with van der Waals surface area (Å²) in [7, 11) is 0. The van der Waals surface area contributed by atoms with Crippen molar-refractivity contribution in [3.63, 3.8) is 0 Å². The number of aromatic nitrogens is 1. The number of rotatable bonds is 3. The molecule has 3 nitrogen and oxygen atoms in total. The summed E-state index contributed by atoms with van der Waals surface area (Å²) in [5, 5.41) is 0.802. The molecule has 0 aliphatic rings. The molecule has 0 radical (unpaired) electrons. The Kier molecular flexibility index (Phi) is 4.89. The van der Waals surface area contributed by atoms with Crippen LogP contribution in [0.15, 0.2) is 66.7 Å². The van der Waals surface area contributed by atoms with Crippen molar-refractivity contribution in [2.24, 2.45) is 0 Å². The first-order chi connectivity index (χ1) is 13.9. The van der Waals surface area contributed by atoms with Crippen LogP contribution in [0.25, 0.3) is 22.2 Å². The molecule has 0 bridgehead atoms. The molecule has 0 aliphatic carbocycles. The van der Waals surface area contributed by atoms with Gasteiger partial charge in [0.1, 0.15) is 5.75 Å². The Bertz CT molecular complexity index is 1220. The Morgan fingerprint density at radius 3 is 2.31 bits per heavy atom. The highest BCUT2D eigenvalue weighted by Gasteiger charge is 2.17. The first-order valence-corrected chi connectivity index (χ1v) is 9.69. The van der Waals surface area contributed by atoms with Crippen molar-refractivity contribution < 1.29 is 9.53 Å². The molecular weight excluding hydrogens is 358 g/mol. The van der Waals surface area contributed by atoms with Crippen molar-refractivity contribution in [1.29, 1.82) is 0 Å². The van der Waals surface area contributed by atoms with Gasteiger partial charge in [-0.25, -0.2) is 9.78 Å². The van der Waals surface area contributed by atoms with Crippen LogP contribution in [0.3, 0.4) is 0 Å². The van der Waals surface area contributed by atoms with Gasteiger partial charge in [0.25, 0.3) is 0 Å². The van der Waals surface area contributed by atoms with Gasteiger partial charge in [-0.15, -0.1) is 0 Å². The van der Waals surface area contributed by atoms with E-state index < -0.39 is 0 Å². The molecule has 0 N–H and O–H groups in total. The number of benzene rings is 3. The normalized spacial score (nSPS) is 10.9. The first-order valence-electron chi connectivity index (χ1n) is 9.69. The SMILES string of the molecule is Cc1ccc(-c2cc(C(=O)Oc3cccc(C)c3C)c3cc(C)ccc3n2)cc1. The van der Waals surface area contributed by atoms with Crippen molar-refractivity contribution in [2.75, 3.05) is 0 Å². The largest absolute Gasteiger partial charge is 0.423 e. The van der Waals surface area contributed by atoms with E-state index in [1.165, 1.54) is 5.56 Å². The van der Waals surface area contributed by atoms with Crippen molar-refractivity contribution in [2.45, 2.75) is 27.7 Å². The molecule has 4 rings (SSSR count). The molecule has 0 unspecified atom stereocenters. The minimum absolute atomic E-state index is 0.370. The van der Waals surface area contributed by atoms with Gasteiger partial charge >= 0.3 is 5.97 Å². The maximum atomic E-state index is 13.2. The first kappa shape index (κ1) is 18.9. The predicted molar refractivity (Wildman–Crippen MR) is 118 cm³/mol. The van der Waals surface area contributed by atoms with Gasteiger partial charge < -0.3 is 4.74 Å². The number of pyridine rings is 1. The van der Waals surface area contributed by atoms with Gasteiger partial charge in [-0.1, -0.05) is 53.6 Å². The second-order valence-corrected chi connectivity index (χ2v) is 7.53. The second-order valence-electron chi connectivity index (χ2n) is 7.53. The number of fused-ring (bicyclic) bond motifs is 1. The van der Waals surface area contributed by atoms with Gasteiger partial charge in [-0.3, -0.25) is 0 Å². The van der Waals surface area contributed by atoms with E-state index in [1.54, 1.807) is 0 Å². The summed E-state index contributed by atoms with van der Waals surface area (Å²) >= 11 is 0. The number of ether oxygens (including phenoxy) is 1. The lowest BCUT2D eigenvalue weighted by atomic mass is 10.0. The zero-order chi connectivity index (χ0) is 20.5. The third kappa shape index (κ3) is 3.77. The van der Waals surface area contributed by atoms with Gasteiger partial charge in [0.05, 0.1) is 16.8 Å². The van der Waals surface area contributed by atoms with Crippen LogP contribution in [0.5, 0.6) is 5.75 Å². The third-order valence-corrected chi connectivity index (χ3v) is 5.29. The number of hydrogen-bond acceptors (Lipinski definition) is 3. The van der Waals surface area contributed by atoms with Crippen LogP contribution in [-0.4, -0.2) is 11.0 Å². The van der Waals surface area contributed by atoms with E-state index in [4.69, 9.17) is 9.72 Å². The maximum Gasteiger partial charge on any atom is 0.344 e. The van der Waals surface area contributed by atoms with E-state index in [2.05, 4.69) is 0 Å². The molecule has 0 fully saturated rings. The average Bonchev–Trinajstić information content (AvgIpc) is 2.71. The van der Waals surface area contributed by atoms with E-state index in [-0.39, 0.29) is 5.97 Å². The summed E-state index contributed by atoms with van der Waals surface area (Å²) in [6.07, 6.45) is 0. The van der Waals surface area contributed by atoms with Gasteiger partial charge in [-0.2, -0.15) is 0 Å². The Morgan fingerprint density at radius 1 is 0.828 bits per heavy atom. The van der Waals surface area contributed by atoms with E-state index in [1.807, 2.05) is 94.4 Å². The second kappa shape index (κ2) is 7.51. The fraction of sp³-hybridized carbons (Fsp3) is 0.154. The Balaban J connectivity index is 1.84. The van der Waals surface area contributed by atoms with Crippen LogP contribution < -0.4 is 4.74 Å². The van der Waals surface area contributed by atoms with Gasteiger partial charge in [0, 0.05) is 10.9 Å². The van der Waals surface area contributed by atoms with Gasteiger partial charge in [0.2, 0.25) is 0 Å². The molecule has 1 heterocycles. The molecule has 0 spiro atoms. The summed E-state index contributed by atoms with van der Waals surface area (Å²) in [6, 6.07) is 21.7. The molecule has 4 aromatic rings. The summed E-state index contributed by atoms with van der Waals surface area (Å²) in [5.41, 5.74) is 7.34. The van der Waals surface area contributed by atoms with Crippen molar-refractivity contribution in [3.05, 3.63) is 94.5 Å². The number of carbonyl (C=O) groups excluding carboxylic acids is 1. The standard InChI is InChI=1S/C26H23NO2/c1-16-8-11-20(12-9-16)24-15-22(21-14-17(2)10-13-23(21)27-24)26(28)29-25-7-5-6-18(3)19(25)4/h5-15H,1-4H3. The highest BCUT2D eigenvalue weighted by atomic mass is 16.5. The third-order valence-electron chi connectivity index (χ3n) is 5.29. The van der Waals surface area contributed by atoms with E-state index in [9.17, 15) is 4.79 Å². The molecule has 3 aromatic carbocycles. The number of nitrogens with zero attached hydrogens (tertiary/aromatic N) is 1. The molecule has 0 saturated heterocycles. The lowest BCUT2D eigenvalue weighted by molar-refractivity contribution is 0.0735. The summed E-state index contributed by atoms with van der Waals surface area (Å²) in [5.74, 6) is 0.217. The number of esters is 1. The van der Waals surface area contributed by atoms with Crippen molar-refractivity contribution >= 4 is 16.9 Å². The van der Waals surface area contributed by atoms with E-state index in [0.29, 0.717) is 11.3 Å². The maximum absolute atomic E-state index is 13.2. The Hall–Kier alpha value is -3.46. The molecule has 0 aliphatic heterocycles.